The molecule has 0 unspecified atom stereocenters. The number of benzene rings is 1. The van der Waals surface area contributed by atoms with Gasteiger partial charge in [0.1, 0.15) is 0 Å². The minimum Gasteiger partial charge on any atom is -0.337 e. The van der Waals surface area contributed by atoms with Crippen molar-refractivity contribution in [2.45, 2.75) is 0 Å². The molecule has 0 aliphatic carbocycles. The van der Waals surface area contributed by atoms with Gasteiger partial charge in [0, 0.05) is 51.0 Å². The van der Waals surface area contributed by atoms with Crippen molar-refractivity contribution in [1.29, 1.82) is 0 Å². The Balaban J connectivity index is 1.37. The molecule has 0 radical (unpaired) electrons. The molecule has 0 atom stereocenters. The van der Waals surface area contributed by atoms with Crippen LogP contribution in [0.15, 0.2) is 55.1 Å². The quantitative estimate of drug-likeness (QED) is 0.726. The molecular weight excluding hydrogens is 378 g/mol. The molecule has 3 aromatic rings. The van der Waals surface area contributed by atoms with Crippen molar-refractivity contribution in [3.05, 3.63) is 65.7 Å². The van der Waals surface area contributed by atoms with Crippen molar-refractivity contribution in [2.24, 2.45) is 0 Å². The van der Waals surface area contributed by atoms with Gasteiger partial charge in [-0.3, -0.25) is 4.79 Å². The lowest BCUT2D eigenvalue weighted by atomic mass is 10.2. The smallest absolute Gasteiger partial charge is 0.257 e. The monoisotopic (exact) mass is 395 g/mol. The van der Waals surface area contributed by atoms with E-state index in [9.17, 15) is 4.79 Å². The molecule has 1 aliphatic heterocycles. The van der Waals surface area contributed by atoms with Crippen LogP contribution < -0.4 is 10.2 Å². The number of piperazine rings is 1. The number of halogens is 1. The average molecular weight is 396 g/mol. The van der Waals surface area contributed by atoms with Gasteiger partial charge in [0.25, 0.3) is 5.91 Å². The molecule has 0 spiro atoms. The van der Waals surface area contributed by atoms with Crippen LogP contribution in [0.25, 0.3) is 0 Å². The summed E-state index contributed by atoms with van der Waals surface area (Å²) < 4.78 is 0. The third-order valence-electron chi connectivity index (χ3n) is 4.42. The molecule has 1 amide bonds. The summed E-state index contributed by atoms with van der Waals surface area (Å²) in [6.07, 6.45) is 6.49. The molecule has 8 nitrogen and oxygen atoms in total. The van der Waals surface area contributed by atoms with Gasteiger partial charge >= 0.3 is 0 Å². The standard InChI is InChI=1S/C19H18ClN7O/c20-15-4-1-2-5-16(15)25-18-23-12-14(13-24-18)17(28)26-8-10-27(11-9-26)19-21-6-3-7-22-19/h1-7,12-13H,8-11H2,(H,23,24,25). The first-order chi connectivity index (χ1) is 13.7. The Morgan fingerprint density at radius 3 is 2.29 bits per heavy atom. The van der Waals surface area contributed by atoms with E-state index in [1.165, 1.54) is 12.4 Å². The van der Waals surface area contributed by atoms with E-state index >= 15 is 0 Å². The van der Waals surface area contributed by atoms with Crippen LogP contribution in [0, 0.1) is 0 Å². The summed E-state index contributed by atoms with van der Waals surface area (Å²) in [5.74, 6) is 0.988. The van der Waals surface area contributed by atoms with Gasteiger partial charge in [0.15, 0.2) is 0 Å². The van der Waals surface area contributed by atoms with Gasteiger partial charge in [0.2, 0.25) is 11.9 Å². The highest BCUT2D eigenvalue weighted by Crippen LogP contribution is 2.23. The summed E-state index contributed by atoms with van der Waals surface area (Å²) in [7, 11) is 0. The molecule has 0 saturated carbocycles. The van der Waals surface area contributed by atoms with E-state index < -0.39 is 0 Å². The molecule has 1 saturated heterocycles. The van der Waals surface area contributed by atoms with E-state index in [2.05, 4.69) is 30.2 Å². The SMILES string of the molecule is O=C(c1cnc(Nc2ccccc2Cl)nc1)N1CCN(c2ncccn2)CC1. The average Bonchev–Trinajstić information content (AvgIpc) is 2.76. The predicted octanol–water partition coefficient (Wildman–Crippen LogP) is 2.63. The van der Waals surface area contributed by atoms with Crippen LogP contribution in [0.1, 0.15) is 10.4 Å². The maximum absolute atomic E-state index is 12.7. The number of carbonyl (C=O) groups excluding carboxylic acids is 1. The zero-order valence-corrected chi connectivity index (χ0v) is 15.8. The zero-order valence-electron chi connectivity index (χ0n) is 15.0. The fourth-order valence-electron chi connectivity index (χ4n) is 2.93. The normalized spacial score (nSPS) is 14.0. The lowest BCUT2D eigenvalue weighted by molar-refractivity contribution is 0.0745. The number of carbonyl (C=O) groups is 1. The predicted molar refractivity (Wildman–Crippen MR) is 107 cm³/mol. The highest BCUT2D eigenvalue weighted by Gasteiger charge is 2.23. The number of anilines is 3. The Hall–Kier alpha value is -3.26. The molecule has 0 bridgehead atoms. The number of nitrogens with zero attached hydrogens (tertiary/aromatic N) is 6. The topological polar surface area (TPSA) is 87.1 Å². The third-order valence-corrected chi connectivity index (χ3v) is 4.75. The van der Waals surface area contributed by atoms with Crippen LogP contribution in [0.2, 0.25) is 5.02 Å². The van der Waals surface area contributed by atoms with Gasteiger partial charge in [0.05, 0.1) is 16.3 Å². The minimum absolute atomic E-state index is 0.0853. The van der Waals surface area contributed by atoms with E-state index in [4.69, 9.17) is 11.6 Å². The molecule has 9 heteroatoms. The molecular formula is C19H18ClN7O. The fraction of sp³-hybridized carbons (Fsp3) is 0.211. The third kappa shape index (κ3) is 4.01. The Labute approximate surface area is 167 Å². The Bertz CT molecular complexity index is 944. The first-order valence-electron chi connectivity index (χ1n) is 8.85. The van der Waals surface area contributed by atoms with Gasteiger partial charge in [-0.2, -0.15) is 0 Å². The number of aromatic nitrogens is 4. The molecule has 28 heavy (non-hydrogen) atoms. The van der Waals surface area contributed by atoms with Crippen LogP contribution in [0.5, 0.6) is 0 Å². The zero-order chi connectivity index (χ0) is 19.3. The molecule has 1 N–H and O–H groups in total. The minimum atomic E-state index is -0.0853. The number of para-hydroxylation sites is 1. The lowest BCUT2D eigenvalue weighted by Crippen LogP contribution is -2.49. The molecule has 4 rings (SSSR count). The van der Waals surface area contributed by atoms with Crippen LogP contribution in [-0.4, -0.2) is 56.9 Å². The number of hydrogen-bond acceptors (Lipinski definition) is 7. The van der Waals surface area contributed by atoms with E-state index in [0.717, 1.165) is 0 Å². The van der Waals surface area contributed by atoms with Crippen LogP contribution in [0.3, 0.4) is 0 Å². The van der Waals surface area contributed by atoms with E-state index in [1.54, 1.807) is 29.4 Å². The van der Waals surface area contributed by atoms with E-state index in [-0.39, 0.29) is 5.91 Å². The van der Waals surface area contributed by atoms with Gasteiger partial charge in [-0.25, -0.2) is 19.9 Å². The van der Waals surface area contributed by atoms with Gasteiger partial charge in [-0.15, -0.1) is 0 Å². The summed E-state index contributed by atoms with van der Waals surface area (Å²) in [4.78, 5) is 33.6. The molecule has 1 aliphatic rings. The maximum atomic E-state index is 12.7. The Morgan fingerprint density at radius 2 is 1.61 bits per heavy atom. The molecule has 1 aromatic carbocycles. The van der Waals surface area contributed by atoms with Gasteiger partial charge < -0.3 is 15.1 Å². The second kappa shape index (κ2) is 8.18. The van der Waals surface area contributed by atoms with E-state index in [1.807, 2.05) is 18.2 Å². The summed E-state index contributed by atoms with van der Waals surface area (Å²) in [6.45, 7) is 2.55. The molecule has 3 heterocycles. The second-order valence-corrected chi connectivity index (χ2v) is 6.64. The largest absolute Gasteiger partial charge is 0.337 e. The first kappa shape index (κ1) is 18.1. The number of rotatable bonds is 4. The van der Waals surface area contributed by atoms with Crippen molar-refractivity contribution in [3.63, 3.8) is 0 Å². The van der Waals surface area contributed by atoms with Crippen molar-refractivity contribution >= 4 is 35.1 Å². The van der Waals surface area contributed by atoms with E-state index in [0.29, 0.717) is 54.3 Å². The maximum Gasteiger partial charge on any atom is 0.257 e. The lowest BCUT2D eigenvalue weighted by Gasteiger charge is -2.34. The highest BCUT2D eigenvalue weighted by molar-refractivity contribution is 6.33. The first-order valence-corrected chi connectivity index (χ1v) is 9.23. The van der Waals surface area contributed by atoms with Gasteiger partial charge in [-0.05, 0) is 18.2 Å². The van der Waals surface area contributed by atoms with Gasteiger partial charge in [-0.1, -0.05) is 23.7 Å². The molecule has 1 fully saturated rings. The summed E-state index contributed by atoms with van der Waals surface area (Å²) in [5, 5.41) is 3.62. The summed E-state index contributed by atoms with van der Waals surface area (Å²) in [6, 6.07) is 9.11. The van der Waals surface area contributed by atoms with Crippen molar-refractivity contribution in [2.75, 3.05) is 36.4 Å². The molecule has 142 valence electrons. The van der Waals surface area contributed by atoms with Crippen molar-refractivity contribution in [1.82, 2.24) is 24.8 Å². The highest BCUT2D eigenvalue weighted by atomic mass is 35.5. The second-order valence-electron chi connectivity index (χ2n) is 6.23. The fourth-order valence-corrected chi connectivity index (χ4v) is 3.12. The number of hydrogen-bond donors (Lipinski definition) is 1. The Kier molecular flexibility index (Phi) is 5.29. The van der Waals surface area contributed by atoms with Crippen molar-refractivity contribution < 1.29 is 4.79 Å². The van der Waals surface area contributed by atoms with Crippen LogP contribution in [-0.2, 0) is 0 Å². The number of amides is 1. The summed E-state index contributed by atoms with van der Waals surface area (Å²) >= 11 is 6.12. The summed E-state index contributed by atoms with van der Waals surface area (Å²) in [5.41, 5.74) is 1.16. The molecule has 2 aromatic heterocycles. The van der Waals surface area contributed by atoms with Crippen LogP contribution >= 0.6 is 11.6 Å². The van der Waals surface area contributed by atoms with Crippen molar-refractivity contribution in [3.8, 4) is 0 Å². The van der Waals surface area contributed by atoms with Crippen LogP contribution in [0.4, 0.5) is 17.6 Å². The number of nitrogens with one attached hydrogen (secondary N) is 1. The Morgan fingerprint density at radius 1 is 0.929 bits per heavy atom.